The first-order chi connectivity index (χ1) is 6.88. The summed E-state index contributed by atoms with van der Waals surface area (Å²) in [5.74, 6) is 0.549. The molecule has 14 heavy (non-hydrogen) atoms. The quantitative estimate of drug-likeness (QED) is 0.732. The maximum absolute atomic E-state index is 5.89. The molecule has 70 valence electrons. The highest BCUT2D eigenvalue weighted by atomic mass is 14.9. The zero-order valence-corrected chi connectivity index (χ0v) is 7.41. The van der Waals surface area contributed by atoms with E-state index in [-0.39, 0.29) is 0 Å². The van der Waals surface area contributed by atoms with Gasteiger partial charge in [-0.25, -0.2) is 9.97 Å². The van der Waals surface area contributed by atoms with Crippen molar-refractivity contribution in [3.8, 4) is 0 Å². The van der Waals surface area contributed by atoms with Crippen LogP contribution in [0.4, 0.5) is 0 Å². The Morgan fingerprint density at radius 1 is 1.00 bits per heavy atom. The molecular weight excluding hydrogens is 178 g/mol. The SMILES string of the molecule is NC(c1cnccn1)c1ncccn1. The average molecular weight is 187 g/mol. The van der Waals surface area contributed by atoms with Gasteiger partial charge < -0.3 is 5.73 Å². The van der Waals surface area contributed by atoms with Crippen LogP contribution in [-0.2, 0) is 0 Å². The van der Waals surface area contributed by atoms with Crippen molar-refractivity contribution < 1.29 is 0 Å². The van der Waals surface area contributed by atoms with Gasteiger partial charge in [-0.3, -0.25) is 9.97 Å². The van der Waals surface area contributed by atoms with Crippen LogP contribution >= 0.6 is 0 Å². The van der Waals surface area contributed by atoms with E-state index in [0.717, 1.165) is 0 Å². The fourth-order valence-corrected chi connectivity index (χ4v) is 1.07. The molecule has 2 heterocycles. The molecule has 0 radical (unpaired) electrons. The molecule has 0 fully saturated rings. The van der Waals surface area contributed by atoms with E-state index in [9.17, 15) is 0 Å². The lowest BCUT2D eigenvalue weighted by atomic mass is 10.2. The molecule has 2 aromatic heterocycles. The molecular formula is C9H9N5. The molecule has 0 aromatic carbocycles. The van der Waals surface area contributed by atoms with E-state index in [1.54, 1.807) is 37.1 Å². The van der Waals surface area contributed by atoms with E-state index in [1.165, 1.54) is 0 Å². The number of nitrogens with two attached hydrogens (primary N) is 1. The average Bonchev–Trinajstić information content (AvgIpc) is 2.30. The van der Waals surface area contributed by atoms with E-state index in [0.29, 0.717) is 11.5 Å². The monoisotopic (exact) mass is 187 g/mol. The second kappa shape index (κ2) is 3.89. The normalized spacial score (nSPS) is 12.4. The number of nitrogens with zero attached hydrogens (tertiary/aromatic N) is 4. The van der Waals surface area contributed by atoms with Crippen molar-refractivity contribution in [3.63, 3.8) is 0 Å². The summed E-state index contributed by atoms with van der Waals surface area (Å²) in [6.07, 6.45) is 8.11. The van der Waals surface area contributed by atoms with E-state index in [2.05, 4.69) is 19.9 Å². The van der Waals surface area contributed by atoms with Crippen LogP contribution in [0.2, 0.25) is 0 Å². The van der Waals surface area contributed by atoms with Crippen molar-refractivity contribution in [3.05, 3.63) is 48.6 Å². The topological polar surface area (TPSA) is 77.6 Å². The maximum Gasteiger partial charge on any atom is 0.151 e. The van der Waals surface area contributed by atoms with Gasteiger partial charge in [0.15, 0.2) is 5.82 Å². The number of hydrogen-bond acceptors (Lipinski definition) is 5. The largest absolute Gasteiger partial charge is 0.316 e. The van der Waals surface area contributed by atoms with Crippen LogP contribution in [0.1, 0.15) is 17.6 Å². The summed E-state index contributed by atoms with van der Waals surface area (Å²) in [6.45, 7) is 0. The summed E-state index contributed by atoms with van der Waals surface area (Å²) in [7, 11) is 0. The van der Waals surface area contributed by atoms with E-state index in [1.807, 2.05) is 0 Å². The van der Waals surface area contributed by atoms with Crippen molar-refractivity contribution >= 4 is 0 Å². The highest BCUT2D eigenvalue weighted by Gasteiger charge is 2.11. The van der Waals surface area contributed by atoms with Gasteiger partial charge in [-0.15, -0.1) is 0 Å². The molecule has 0 bridgehead atoms. The van der Waals surface area contributed by atoms with Crippen LogP contribution in [0.3, 0.4) is 0 Å². The van der Waals surface area contributed by atoms with Gasteiger partial charge in [0.25, 0.3) is 0 Å². The Morgan fingerprint density at radius 3 is 2.43 bits per heavy atom. The molecule has 1 atom stereocenters. The van der Waals surface area contributed by atoms with E-state index < -0.39 is 6.04 Å². The van der Waals surface area contributed by atoms with Crippen molar-refractivity contribution in [2.45, 2.75) is 6.04 Å². The molecule has 2 N–H and O–H groups in total. The lowest BCUT2D eigenvalue weighted by Gasteiger charge is -2.07. The molecule has 1 unspecified atom stereocenters. The molecule has 5 heteroatoms. The van der Waals surface area contributed by atoms with Gasteiger partial charge in [0.1, 0.15) is 6.04 Å². The summed E-state index contributed by atoms with van der Waals surface area (Å²) in [5.41, 5.74) is 6.55. The smallest absolute Gasteiger partial charge is 0.151 e. The Hall–Kier alpha value is -1.88. The van der Waals surface area contributed by atoms with Gasteiger partial charge >= 0.3 is 0 Å². The Kier molecular flexibility index (Phi) is 2.42. The van der Waals surface area contributed by atoms with E-state index in [4.69, 9.17) is 5.73 Å². The molecule has 0 saturated heterocycles. The van der Waals surface area contributed by atoms with Gasteiger partial charge in [-0.05, 0) is 6.07 Å². The standard InChI is InChI=1S/C9H9N5/c10-8(7-6-11-4-5-12-7)9-13-2-1-3-14-9/h1-6,8H,10H2. The second-order valence-corrected chi connectivity index (χ2v) is 2.71. The minimum atomic E-state index is -0.412. The number of rotatable bonds is 2. The van der Waals surface area contributed by atoms with Crippen LogP contribution < -0.4 is 5.73 Å². The second-order valence-electron chi connectivity index (χ2n) is 2.71. The molecule has 0 spiro atoms. The summed E-state index contributed by atoms with van der Waals surface area (Å²) in [6, 6.07) is 1.33. The summed E-state index contributed by atoms with van der Waals surface area (Å²) >= 11 is 0. The molecule has 2 aromatic rings. The third-order valence-corrected chi connectivity index (χ3v) is 1.77. The molecule has 5 nitrogen and oxygen atoms in total. The predicted molar refractivity (Wildman–Crippen MR) is 50.1 cm³/mol. The van der Waals surface area contributed by atoms with Crippen LogP contribution in [-0.4, -0.2) is 19.9 Å². The molecule has 0 aliphatic carbocycles. The first-order valence-electron chi connectivity index (χ1n) is 4.16. The van der Waals surface area contributed by atoms with Crippen molar-refractivity contribution in [2.24, 2.45) is 5.73 Å². The van der Waals surface area contributed by atoms with Crippen molar-refractivity contribution in [1.29, 1.82) is 0 Å². The minimum Gasteiger partial charge on any atom is -0.316 e. The summed E-state index contributed by atoms with van der Waals surface area (Å²) in [4.78, 5) is 16.1. The lowest BCUT2D eigenvalue weighted by molar-refractivity contribution is 0.747. The molecule has 2 rings (SSSR count). The molecule has 0 amide bonds. The van der Waals surface area contributed by atoms with E-state index >= 15 is 0 Å². The zero-order chi connectivity index (χ0) is 9.80. The predicted octanol–water partition coefficient (Wildman–Crippen LogP) is 0.315. The van der Waals surface area contributed by atoms with Crippen molar-refractivity contribution in [2.75, 3.05) is 0 Å². The molecule has 0 aliphatic heterocycles. The maximum atomic E-state index is 5.89. The first kappa shape index (κ1) is 8.71. The minimum absolute atomic E-state index is 0.412. The highest BCUT2D eigenvalue weighted by Crippen LogP contribution is 2.10. The number of aromatic nitrogens is 4. The Bertz CT molecular complexity index is 349. The third-order valence-electron chi connectivity index (χ3n) is 1.77. The van der Waals surface area contributed by atoms with Gasteiger partial charge in [0, 0.05) is 24.8 Å². The van der Waals surface area contributed by atoms with Crippen LogP contribution in [0.25, 0.3) is 0 Å². The molecule has 0 aliphatic rings. The van der Waals surface area contributed by atoms with Gasteiger partial charge in [-0.1, -0.05) is 0 Å². The Morgan fingerprint density at radius 2 is 1.79 bits per heavy atom. The van der Waals surface area contributed by atoms with Crippen LogP contribution in [0.15, 0.2) is 37.1 Å². The lowest BCUT2D eigenvalue weighted by Crippen LogP contribution is -2.16. The van der Waals surface area contributed by atoms with Gasteiger partial charge in [-0.2, -0.15) is 0 Å². The fraction of sp³-hybridized carbons (Fsp3) is 0.111. The van der Waals surface area contributed by atoms with Crippen molar-refractivity contribution in [1.82, 2.24) is 19.9 Å². The Balaban J connectivity index is 2.30. The van der Waals surface area contributed by atoms with Gasteiger partial charge in [0.2, 0.25) is 0 Å². The Labute approximate surface area is 81.1 Å². The first-order valence-corrected chi connectivity index (χ1v) is 4.16. The fourth-order valence-electron chi connectivity index (χ4n) is 1.07. The zero-order valence-electron chi connectivity index (χ0n) is 7.41. The van der Waals surface area contributed by atoms with Crippen LogP contribution in [0.5, 0.6) is 0 Å². The van der Waals surface area contributed by atoms with Gasteiger partial charge in [0.05, 0.1) is 11.9 Å². The third kappa shape index (κ3) is 1.72. The van der Waals surface area contributed by atoms with Crippen LogP contribution in [0, 0.1) is 0 Å². The summed E-state index contributed by atoms with van der Waals surface area (Å²) < 4.78 is 0. The number of hydrogen-bond donors (Lipinski definition) is 1. The summed E-state index contributed by atoms with van der Waals surface area (Å²) in [5, 5.41) is 0. The highest BCUT2D eigenvalue weighted by molar-refractivity contribution is 5.12. The molecule has 0 saturated carbocycles.